The van der Waals surface area contributed by atoms with Crippen LogP contribution in [0.25, 0.3) is 0 Å². The molecule has 0 aromatic rings. The van der Waals surface area contributed by atoms with Gasteiger partial charge in [-0.05, 0) is 18.3 Å². The van der Waals surface area contributed by atoms with Crippen LogP contribution in [0.1, 0.15) is 47.5 Å². The van der Waals surface area contributed by atoms with E-state index in [2.05, 4.69) is 13.8 Å². The molecule has 1 unspecified atom stereocenters. The molecule has 2 N–H and O–H groups in total. The molecule has 3 heteroatoms. The maximum absolute atomic E-state index is 12.1. The minimum absolute atomic E-state index is 0.0891. The van der Waals surface area contributed by atoms with Gasteiger partial charge in [-0.3, -0.25) is 4.79 Å². The Morgan fingerprint density at radius 2 is 1.60 bits per heavy atom. The summed E-state index contributed by atoms with van der Waals surface area (Å²) >= 11 is 0. The first-order chi connectivity index (χ1) is 6.84. The highest BCUT2D eigenvalue weighted by Crippen LogP contribution is 2.19. The Hall–Kier alpha value is -0.570. The Morgan fingerprint density at radius 1 is 1.20 bits per heavy atom. The van der Waals surface area contributed by atoms with Crippen LogP contribution in [0.3, 0.4) is 0 Å². The van der Waals surface area contributed by atoms with Crippen molar-refractivity contribution in [1.29, 1.82) is 0 Å². The van der Waals surface area contributed by atoms with Crippen molar-refractivity contribution >= 4 is 5.91 Å². The molecule has 0 rings (SSSR count). The summed E-state index contributed by atoms with van der Waals surface area (Å²) in [6, 6.07) is -0.393. The zero-order valence-electron chi connectivity index (χ0n) is 10.8. The number of hydrogen-bond donors (Lipinski definition) is 1. The van der Waals surface area contributed by atoms with Crippen molar-refractivity contribution in [2.45, 2.75) is 53.5 Å². The molecule has 0 aliphatic rings. The largest absolute Gasteiger partial charge is 0.341 e. The van der Waals surface area contributed by atoms with Gasteiger partial charge in [-0.15, -0.1) is 0 Å². The zero-order chi connectivity index (χ0) is 12.1. The second-order valence-corrected chi connectivity index (χ2v) is 5.17. The Kier molecular flexibility index (Phi) is 5.88. The van der Waals surface area contributed by atoms with Crippen LogP contribution in [0.2, 0.25) is 0 Å². The van der Waals surface area contributed by atoms with Crippen LogP contribution in [-0.4, -0.2) is 29.9 Å². The number of carbonyl (C=O) groups excluding carboxylic acids is 1. The fourth-order valence-electron chi connectivity index (χ4n) is 1.44. The van der Waals surface area contributed by atoms with Crippen LogP contribution < -0.4 is 5.73 Å². The van der Waals surface area contributed by atoms with Crippen molar-refractivity contribution in [2.24, 2.45) is 11.1 Å². The summed E-state index contributed by atoms with van der Waals surface area (Å²) in [6.45, 7) is 11.8. The maximum Gasteiger partial charge on any atom is 0.240 e. The smallest absolute Gasteiger partial charge is 0.240 e. The summed E-state index contributed by atoms with van der Waals surface area (Å²) in [7, 11) is 0. The van der Waals surface area contributed by atoms with E-state index in [1.54, 1.807) is 0 Å². The summed E-state index contributed by atoms with van der Waals surface area (Å²) in [6.07, 6.45) is 1.98. The minimum Gasteiger partial charge on any atom is -0.341 e. The second kappa shape index (κ2) is 6.11. The molecule has 0 aromatic heterocycles. The molecule has 0 radical (unpaired) electrons. The summed E-state index contributed by atoms with van der Waals surface area (Å²) in [5, 5.41) is 0. The fraction of sp³-hybridized carbons (Fsp3) is 0.917. The van der Waals surface area contributed by atoms with Gasteiger partial charge in [-0.1, -0.05) is 34.6 Å². The third-order valence-corrected chi connectivity index (χ3v) is 2.50. The molecule has 0 saturated heterocycles. The number of nitrogens with zero attached hydrogens (tertiary/aromatic N) is 1. The highest BCUT2D eigenvalue weighted by molar-refractivity contribution is 5.82. The van der Waals surface area contributed by atoms with Gasteiger partial charge in [0.05, 0.1) is 6.04 Å². The number of carbonyl (C=O) groups is 1. The molecule has 90 valence electrons. The SMILES string of the molecule is CCCN(CCC)C(=O)C(N)C(C)(C)C. The minimum atomic E-state index is -0.393. The van der Waals surface area contributed by atoms with Gasteiger partial charge in [0, 0.05) is 13.1 Å². The second-order valence-electron chi connectivity index (χ2n) is 5.17. The molecule has 0 aliphatic heterocycles. The van der Waals surface area contributed by atoms with Crippen molar-refractivity contribution in [1.82, 2.24) is 4.90 Å². The zero-order valence-corrected chi connectivity index (χ0v) is 10.8. The maximum atomic E-state index is 12.1. The van der Waals surface area contributed by atoms with Gasteiger partial charge in [0.1, 0.15) is 0 Å². The average molecular weight is 214 g/mol. The van der Waals surface area contributed by atoms with E-state index >= 15 is 0 Å². The van der Waals surface area contributed by atoms with E-state index in [1.165, 1.54) is 0 Å². The van der Waals surface area contributed by atoms with E-state index in [1.807, 2.05) is 25.7 Å². The number of amides is 1. The van der Waals surface area contributed by atoms with E-state index < -0.39 is 6.04 Å². The van der Waals surface area contributed by atoms with Gasteiger partial charge in [0.2, 0.25) is 5.91 Å². The molecule has 0 fully saturated rings. The lowest BCUT2D eigenvalue weighted by Crippen LogP contribution is -2.50. The van der Waals surface area contributed by atoms with E-state index in [0.29, 0.717) is 0 Å². The van der Waals surface area contributed by atoms with Crippen LogP contribution in [0.15, 0.2) is 0 Å². The normalized spacial score (nSPS) is 13.7. The van der Waals surface area contributed by atoms with Crippen molar-refractivity contribution in [3.63, 3.8) is 0 Å². The summed E-state index contributed by atoms with van der Waals surface area (Å²) in [5.74, 6) is 0.0891. The molecule has 15 heavy (non-hydrogen) atoms. The molecule has 0 spiro atoms. The van der Waals surface area contributed by atoms with Gasteiger partial charge < -0.3 is 10.6 Å². The fourth-order valence-corrected chi connectivity index (χ4v) is 1.44. The Bertz CT molecular complexity index is 190. The predicted octanol–water partition coefficient (Wildman–Crippen LogP) is 2.01. The molecule has 1 atom stereocenters. The Balaban J connectivity index is 4.48. The highest BCUT2D eigenvalue weighted by atomic mass is 16.2. The van der Waals surface area contributed by atoms with Crippen LogP contribution in [0.5, 0.6) is 0 Å². The predicted molar refractivity (Wildman–Crippen MR) is 64.6 cm³/mol. The third-order valence-electron chi connectivity index (χ3n) is 2.50. The summed E-state index contributed by atoms with van der Waals surface area (Å²) in [4.78, 5) is 14.0. The standard InChI is InChI=1S/C12H26N2O/c1-6-8-14(9-7-2)11(15)10(13)12(3,4)5/h10H,6-9,13H2,1-5H3. The molecule has 0 heterocycles. The molecular weight excluding hydrogens is 188 g/mol. The van der Waals surface area contributed by atoms with E-state index in [4.69, 9.17) is 5.73 Å². The van der Waals surface area contributed by atoms with E-state index in [-0.39, 0.29) is 11.3 Å². The first-order valence-corrected chi connectivity index (χ1v) is 5.89. The van der Waals surface area contributed by atoms with Gasteiger partial charge in [-0.2, -0.15) is 0 Å². The van der Waals surface area contributed by atoms with Gasteiger partial charge >= 0.3 is 0 Å². The molecule has 0 saturated carbocycles. The van der Waals surface area contributed by atoms with Gasteiger partial charge in [0.15, 0.2) is 0 Å². The number of hydrogen-bond acceptors (Lipinski definition) is 2. The molecule has 1 amide bonds. The monoisotopic (exact) mass is 214 g/mol. The van der Waals surface area contributed by atoms with Crippen molar-refractivity contribution in [3.8, 4) is 0 Å². The third kappa shape index (κ3) is 4.65. The van der Waals surface area contributed by atoms with Crippen LogP contribution in [0, 0.1) is 5.41 Å². The first kappa shape index (κ1) is 14.4. The van der Waals surface area contributed by atoms with E-state index in [0.717, 1.165) is 25.9 Å². The lowest BCUT2D eigenvalue weighted by molar-refractivity contribution is -0.135. The van der Waals surface area contributed by atoms with Crippen molar-refractivity contribution in [3.05, 3.63) is 0 Å². The topological polar surface area (TPSA) is 46.3 Å². The van der Waals surface area contributed by atoms with Gasteiger partial charge in [0.25, 0.3) is 0 Å². The molecule has 3 nitrogen and oxygen atoms in total. The van der Waals surface area contributed by atoms with Crippen LogP contribution in [0.4, 0.5) is 0 Å². The molecule has 0 bridgehead atoms. The number of rotatable bonds is 5. The first-order valence-electron chi connectivity index (χ1n) is 5.89. The van der Waals surface area contributed by atoms with Crippen molar-refractivity contribution < 1.29 is 4.79 Å². The van der Waals surface area contributed by atoms with Crippen LogP contribution >= 0.6 is 0 Å². The van der Waals surface area contributed by atoms with Gasteiger partial charge in [-0.25, -0.2) is 0 Å². The Labute approximate surface area is 94.0 Å². The quantitative estimate of drug-likeness (QED) is 0.761. The van der Waals surface area contributed by atoms with Crippen LogP contribution in [-0.2, 0) is 4.79 Å². The highest BCUT2D eigenvalue weighted by Gasteiger charge is 2.30. The molecule has 0 aliphatic carbocycles. The lowest BCUT2D eigenvalue weighted by atomic mass is 9.86. The number of nitrogens with two attached hydrogens (primary N) is 1. The molecule has 0 aromatic carbocycles. The Morgan fingerprint density at radius 3 is 1.87 bits per heavy atom. The molecular formula is C12H26N2O. The van der Waals surface area contributed by atoms with E-state index in [9.17, 15) is 4.79 Å². The summed E-state index contributed by atoms with van der Waals surface area (Å²) in [5.41, 5.74) is 5.81. The average Bonchev–Trinajstić information content (AvgIpc) is 2.14. The summed E-state index contributed by atoms with van der Waals surface area (Å²) < 4.78 is 0. The van der Waals surface area contributed by atoms with Crippen molar-refractivity contribution in [2.75, 3.05) is 13.1 Å². The lowest BCUT2D eigenvalue weighted by Gasteiger charge is -2.31.